The number of carboxylic acid groups (broad SMARTS) is 2. The lowest BCUT2D eigenvalue weighted by atomic mass is 10.1. The van der Waals surface area contributed by atoms with Gasteiger partial charge in [-0.3, -0.25) is 0 Å². The molecule has 48 heavy (non-hydrogen) atoms. The Balaban J connectivity index is 1.45. The van der Waals surface area contributed by atoms with E-state index in [0.29, 0.717) is 25.9 Å². The summed E-state index contributed by atoms with van der Waals surface area (Å²) in [6.07, 6.45) is 9.26. The van der Waals surface area contributed by atoms with Crippen LogP contribution in [-0.2, 0) is 29.6 Å². The number of sulfonamides is 2. The monoisotopic (exact) mass is 714 g/mol. The van der Waals surface area contributed by atoms with E-state index in [1.165, 1.54) is 48.5 Å². The second kappa shape index (κ2) is 20.6. The number of amides is 4. The first-order chi connectivity index (χ1) is 22.8. The fourth-order valence-corrected chi connectivity index (χ4v) is 6.08. The summed E-state index contributed by atoms with van der Waals surface area (Å²) >= 11 is 0. The Morgan fingerprint density at radius 3 is 1.08 bits per heavy atom. The lowest BCUT2D eigenvalue weighted by molar-refractivity contribution is -0.140. The lowest BCUT2D eigenvalue weighted by Gasteiger charge is -2.10. The van der Waals surface area contributed by atoms with E-state index in [-0.39, 0.29) is 21.3 Å². The molecule has 2 rings (SSSR count). The minimum absolute atomic E-state index is 0.165. The molecule has 0 bridgehead atoms. The summed E-state index contributed by atoms with van der Waals surface area (Å²) in [6.45, 7) is -0.484. The average Bonchev–Trinajstić information content (AvgIpc) is 3.02. The molecule has 0 aliphatic rings. The number of nitrogens with one attached hydrogen (secondary N) is 4. The van der Waals surface area contributed by atoms with Crippen LogP contribution in [0.4, 0.5) is 9.59 Å². The highest BCUT2D eigenvalue weighted by Gasteiger charge is 2.18. The molecule has 16 nitrogen and oxygen atoms in total. The predicted molar refractivity (Wildman–Crippen MR) is 173 cm³/mol. The van der Waals surface area contributed by atoms with Crippen LogP contribution in [0.3, 0.4) is 0 Å². The molecule has 0 saturated heterocycles. The Kier molecular flexibility index (Phi) is 17.0. The van der Waals surface area contributed by atoms with E-state index in [4.69, 9.17) is 19.7 Å². The van der Waals surface area contributed by atoms with Crippen molar-refractivity contribution in [2.45, 2.75) is 74.0 Å². The standard InChI is InChI=1S/C30H42N4O12S2/c35-27(36)21-45-23-11-15-25(16-12-23)47(41,42)33-29(39)31-19-9-7-5-3-1-2-4-6-8-10-20-32-30(40)34-48(43,44)26-17-13-24(14-18-26)46-22-28(37)38/h11-18H,1-10,19-22H2,(H,35,36)(H,37,38)(H2,31,33,39)(H2,32,34,40). The molecule has 0 unspecified atom stereocenters. The second-order valence-electron chi connectivity index (χ2n) is 10.6. The summed E-state index contributed by atoms with van der Waals surface area (Å²) in [5.74, 6) is -1.97. The highest BCUT2D eigenvalue weighted by molar-refractivity contribution is 7.90. The number of urea groups is 2. The maximum absolute atomic E-state index is 12.3. The van der Waals surface area contributed by atoms with Crippen molar-refractivity contribution >= 4 is 44.0 Å². The quantitative estimate of drug-likeness (QED) is 0.0910. The van der Waals surface area contributed by atoms with Gasteiger partial charge in [0.25, 0.3) is 20.0 Å². The maximum atomic E-state index is 12.3. The number of carbonyl (C=O) groups is 4. The Morgan fingerprint density at radius 1 is 0.500 bits per heavy atom. The third-order valence-corrected chi connectivity index (χ3v) is 9.32. The number of carbonyl (C=O) groups excluding carboxylic acids is 2. The van der Waals surface area contributed by atoms with Crippen molar-refractivity contribution in [3.8, 4) is 11.5 Å². The molecule has 0 spiro atoms. The van der Waals surface area contributed by atoms with E-state index >= 15 is 0 Å². The van der Waals surface area contributed by atoms with Crippen LogP contribution in [0, 0.1) is 0 Å². The number of benzene rings is 2. The van der Waals surface area contributed by atoms with E-state index < -0.39 is 57.3 Å². The number of hydrogen-bond donors (Lipinski definition) is 6. The first-order valence-corrected chi connectivity index (χ1v) is 18.3. The third-order valence-electron chi connectivity index (χ3n) is 6.62. The molecule has 0 heterocycles. The molecule has 0 aliphatic carbocycles. The zero-order chi connectivity index (χ0) is 35.4. The molecular weight excluding hydrogens is 672 g/mol. The first-order valence-electron chi connectivity index (χ1n) is 15.3. The van der Waals surface area contributed by atoms with E-state index in [9.17, 15) is 36.0 Å². The number of aliphatic carboxylic acids is 2. The van der Waals surface area contributed by atoms with Crippen LogP contribution >= 0.6 is 0 Å². The van der Waals surface area contributed by atoms with E-state index in [2.05, 4.69) is 10.6 Å². The lowest BCUT2D eigenvalue weighted by Crippen LogP contribution is -2.39. The molecule has 0 radical (unpaired) electrons. The smallest absolute Gasteiger partial charge is 0.341 e. The summed E-state index contributed by atoms with van der Waals surface area (Å²) < 4.78 is 63.2. The van der Waals surface area contributed by atoms with Crippen molar-refractivity contribution in [1.29, 1.82) is 0 Å². The summed E-state index contributed by atoms with van der Waals surface area (Å²) in [6, 6.07) is 8.34. The number of ether oxygens (including phenoxy) is 2. The SMILES string of the molecule is O=C(O)COc1ccc(S(=O)(=O)NC(=O)NCCCCCCCCCCCCNC(=O)NS(=O)(=O)c2ccc(OCC(=O)O)cc2)cc1. The van der Waals surface area contributed by atoms with Gasteiger partial charge < -0.3 is 30.3 Å². The van der Waals surface area contributed by atoms with E-state index in [0.717, 1.165) is 51.4 Å². The largest absolute Gasteiger partial charge is 0.482 e. The highest BCUT2D eigenvalue weighted by atomic mass is 32.2. The third kappa shape index (κ3) is 16.3. The molecular formula is C30H42N4O12S2. The van der Waals surface area contributed by atoms with E-state index in [1.807, 2.05) is 9.44 Å². The van der Waals surface area contributed by atoms with Crippen LogP contribution in [-0.4, -0.2) is 77.4 Å². The Hall–Kier alpha value is -4.58. The summed E-state index contributed by atoms with van der Waals surface area (Å²) in [4.78, 5) is 44.8. The molecule has 266 valence electrons. The number of unbranched alkanes of at least 4 members (excludes halogenated alkanes) is 9. The van der Waals surface area contributed by atoms with E-state index in [1.54, 1.807) is 0 Å². The van der Waals surface area contributed by atoms with Crippen molar-refractivity contribution in [3.05, 3.63) is 48.5 Å². The van der Waals surface area contributed by atoms with Crippen LogP contribution in [0.15, 0.2) is 58.3 Å². The zero-order valence-corrected chi connectivity index (χ0v) is 27.9. The number of hydrogen-bond acceptors (Lipinski definition) is 10. The maximum Gasteiger partial charge on any atom is 0.341 e. The van der Waals surface area contributed by atoms with Gasteiger partial charge in [0.2, 0.25) is 0 Å². The molecule has 2 aromatic rings. The average molecular weight is 715 g/mol. The topological polar surface area (TPSA) is 244 Å². The van der Waals surface area contributed by atoms with Crippen LogP contribution < -0.4 is 29.6 Å². The zero-order valence-electron chi connectivity index (χ0n) is 26.3. The van der Waals surface area contributed by atoms with Gasteiger partial charge in [0.1, 0.15) is 11.5 Å². The second-order valence-corrected chi connectivity index (χ2v) is 13.9. The predicted octanol–water partition coefficient (Wildman–Crippen LogP) is 3.19. The normalized spacial score (nSPS) is 11.2. The van der Waals surface area contributed by atoms with Crippen LogP contribution in [0.25, 0.3) is 0 Å². The van der Waals surface area contributed by atoms with Gasteiger partial charge in [-0.15, -0.1) is 0 Å². The molecule has 4 amide bonds. The molecule has 0 aromatic heterocycles. The first kappa shape index (κ1) is 39.6. The van der Waals surface area contributed by atoms with Gasteiger partial charge in [0.15, 0.2) is 13.2 Å². The van der Waals surface area contributed by atoms with Gasteiger partial charge in [0, 0.05) is 13.1 Å². The molecule has 6 N–H and O–H groups in total. The van der Waals surface area contributed by atoms with Gasteiger partial charge in [-0.1, -0.05) is 51.4 Å². The van der Waals surface area contributed by atoms with Crippen molar-refractivity contribution in [1.82, 2.24) is 20.1 Å². The summed E-state index contributed by atoms with van der Waals surface area (Å²) in [5, 5.41) is 22.3. The van der Waals surface area contributed by atoms with Gasteiger partial charge in [-0.25, -0.2) is 45.5 Å². The molecule has 2 aromatic carbocycles. The van der Waals surface area contributed by atoms with Crippen molar-refractivity contribution in [3.63, 3.8) is 0 Å². The molecule has 0 aliphatic heterocycles. The molecule has 18 heteroatoms. The number of carboxylic acids is 2. The Labute approximate surface area is 279 Å². The summed E-state index contributed by atoms with van der Waals surface area (Å²) in [7, 11) is -8.18. The Bertz CT molecular complexity index is 1430. The fraction of sp³-hybridized carbons (Fsp3) is 0.467. The minimum Gasteiger partial charge on any atom is -0.482 e. The van der Waals surface area contributed by atoms with Crippen LogP contribution in [0.2, 0.25) is 0 Å². The van der Waals surface area contributed by atoms with Crippen LogP contribution in [0.5, 0.6) is 11.5 Å². The van der Waals surface area contributed by atoms with Crippen molar-refractivity contribution in [2.75, 3.05) is 26.3 Å². The molecule has 0 saturated carbocycles. The van der Waals surface area contributed by atoms with Gasteiger partial charge >= 0.3 is 24.0 Å². The van der Waals surface area contributed by atoms with Crippen molar-refractivity contribution in [2.24, 2.45) is 0 Å². The van der Waals surface area contributed by atoms with Gasteiger partial charge in [-0.05, 0) is 61.4 Å². The number of rotatable bonds is 23. The summed E-state index contributed by atoms with van der Waals surface area (Å²) in [5.41, 5.74) is 0. The molecule has 0 atom stereocenters. The van der Waals surface area contributed by atoms with Crippen LogP contribution in [0.1, 0.15) is 64.2 Å². The minimum atomic E-state index is -4.09. The Morgan fingerprint density at radius 2 is 0.792 bits per heavy atom. The van der Waals surface area contributed by atoms with Crippen molar-refractivity contribution < 1.29 is 55.7 Å². The van der Waals surface area contributed by atoms with Gasteiger partial charge in [0.05, 0.1) is 9.79 Å². The molecule has 0 fully saturated rings. The highest BCUT2D eigenvalue weighted by Crippen LogP contribution is 2.17. The van der Waals surface area contributed by atoms with Gasteiger partial charge in [-0.2, -0.15) is 0 Å². The fourth-order valence-electron chi connectivity index (χ4n) is 4.22.